The second-order valence-electron chi connectivity index (χ2n) is 16.8. The van der Waals surface area contributed by atoms with Crippen molar-refractivity contribution in [1.29, 1.82) is 0 Å². The van der Waals surface area contributed by atoms with Crippen LogP contribution in [0.15, 0.2) is 42.6 Å². The van der Waals surface area contributed by atoms with E-state index in [1.165, 1.54) is 13.2 Å². The van der Waals surface area contributed by atoms with Crippen LogP contribution in [0, 0.1) is 23.1 Å². The highest BCUT2D eigenvalue weighted by molar-refractivity contribution is 6.90. The highest BCUT2D eigenvalue weighted by Crippen LogP contribution is 2.44. The number of hydrogen-bond donors (Lipinski definition) is 0. The molecule has 0 unspecified atom stereocenters. The molecule has 304 valence electrons. The summed E-state index contributed by atoms with van der Waals surface area (Å²) >= 11 is 0. The maximum Gasteiger partial charge on any atom is 0.319 e. The Morgan fingerprint density at radius 3 is 2.56 bits per heavy atom. The van der Waals surface area contributed by atoms with E-state index < -0.39 is 31.4 Å². The van der Waals surface area contributed by atoms with Crippen molar-refractivity contribution in [1.82, 2.24) is 19.9 Å². The maximum absolute atomic E-state index is 17.6. The highest BCUT2D eigenvalue weighted by atomic mass is 28.3. The first-order valence-corrected chi connectivity index (χ1v) is 22.3. The first kappa shape index (κ1) is 41.0. The first-order valence-electron chi connectivity index (χ1n) is 20.1. The summed E-state index contributed by atoms with van der Waals surface area (Å²) in [4.78, 5) is 18.3. The van der Waals surface area contributed by atoms with Crippen molar-refractivity contribution in [2.45, 2.75) is 89.1 Å². The molecule has 13 heteroatoms. The van der Waals surface area contributed by atoms with Crippen LogP contribution in [0.3, 0.4) is 0 Å². The van der Waals surface area contributed by atoms with Crippen molar-refractivity contribution in [3.8, 4) is 34.5 Å². The van der Waals surface area contributed by atoms with E-state index in [9.17, 15) is 4.39 Å². The first-order chi connectivity index (χ1) is 27.3. The van der Waals surface area contributed by atoms with Crippen LogP contribution >= 0.6 is 0 Å². The lowest BCUT2D eigenvalue weighted by molar-refractivity contribution is 0.0512. The van der Waals surface area contributed by atoms with Crippen molar-refractivity contribution in [2.24, 2.45) is 0 Å². The average Bonchev–Trinajstić information content (AvgIpc) is 3.60. The highest BCUT2D eigenvalue weighted by Gasteiger charge is 2.49. The van der Waals surface area contributed by atoms with Crippen LogP contribution in [0.25, 0.3) is 32.9 Å². The number of rotatable bonds is 11. The molecular weight excluding hydrogens is 748 g/mol. The lowest BCUT2D eigenvalue weighted by Gasteiger charge is -2.38. The monoisotopic (exact) mass is 801 g/mol. The van der Waals surface area contributed by atoms with E-state index in [2.05, 4.69) is 69.5 Å². The lowest BCUT2D eigenvalue weighted by Crippen LogP contribution is -2.43. The molecule has 3 fully saturated rings. The van der Waals surface area contributed by atoms with E-state index in [1.54, 1.807) is 24.4 Å². The van der Waals surface area contributed by atoms with Crippen molar-refractivity contribution in [2.75, 3.05) is 64.8 Å². The molecule has 0 saturated carbocycles. The van der Waals surface area contributed by atoms with Crippen LogP contribution in [0.4, 0.5) is 19.0 Å². The Hall–Kier alpha value is -4.22. The van der Waals surface area contributed by atoms with E-state index in [0.717, 1.165) is 25.0 Å². The molecule has 9 nitrogen and oxygen atoms in total. The van der Waals surface area contributed by atoms with Crippen LogP contribution in [-0.4, -0.2) is 99.5 Å². The number of fused-ring (bicyclic) bond motifs is 3. The van der Waals surface area contributed by atoms with Crippen LogP contribution in [0.2, 0.25) is 16.6 Å². The van der Waals surface area contributed by atoms with Crippen molar-refractivity contribution < 1.29 is 32.1 Å². The van der Waals surface area contributed by atoms with Gasteiger partial charge in [-0.3, -0.25) is 9.88 Å². The normalized spacial score (nSPS) is 20.5. The molecule has 4 aromatic rings. The van der Waals surface area contributed by atoms with Gasteiger partial charge in [-0.15, -0.1) is 5.54 Å². The van der Waals surface area contributed by atoms with Gasteiger partial charge in [-0.2, -0.15) is 9.97 Å². The topological polar surface area (TPSA) is 82.1 Å². The summed E-state index contributed by atoms with van der Waals surface area (Å²) < 4.78 is 71.6. The van der Waals surface area contributed by atoms with Gasteiger partial charge in [-0.05, 0) is 65.2 Å². The summed E-state index contributed by atoms with van der Waals surface area (Å²) in [7, 11) is -0.781. The van der Waals surface area contributed by atoms with Crippen LogP contribution in [0.1, 0.15) is 66.4 Å². The fraction of sp³-hybridized carbons (Fsp3) is 0.523. The zero-order valence-corrected chi connectivity index (χ0v) is 35.2. The van der Waals surface area contributed by atoms with Gasteiger partial charge in [0.15, 0.2) is 12.6 Å². The largest absolute Gasteiger partial charge is 0.468 e. The number of ether oxygens (including phenoxy) is 4. The van der Waals surface area contributed by atoms with Crippen LogP contribution < -0.4 is 14.4 Å². The zero-order chi connectivity index (χ0) is 40.6. The third-order valence-corrected chi connectivity index (χ3v) is 18.6. The molecule has 3 saturated heterocycles. The van der Waals surface area contributed by atoms with Gasteiger partial charge in [0.2, 0.25) is 0 Å². The van der Waals surface area contributed by atoms with E-state index in [1.807, 2.05) is 4.90 Å². The summed E-state index contributed by atoms with van der Waals surface area (Å²) in [6, 6.07) is 6.44. The summed E-state index contributed by atoms with van der Waals surface area (Å²) in [5, 5.41) is 1.40. The van der Waals surface area contributed by atoms with E-state index in [-0.39, 0.29) is 36.2 Å². The van der Waals surface area contributed by atoms with Gasteiger partial charge in [0.05, 0.1) is 29.7 Å². The van der Waals surface area contributed by atoms with E-state index >= 15 is 8.78 Å². The van der Waals surface area contributed by atoms with Crippen molar-refractivity contribution in [3.63, 3.8) is 0 Å². The predicted molar refractivity (Wildman–Crippen MR) is 221 cm³/mol. The van der Waals surface area contributed by atoms with Gasteiger partial charge in [0, 0.05) is 50.3 Å². The quantitative estimate of drug-likeness (QED) is 0.0639. The Kier molecular flexibility index (Phi) is 11.9. The molecule has 5 heterocycles. The standard InChI is InChI=1S/C44H54F3N5O4Si/c1-27(2)57(28(3)4,29(5)6)17-12-34-37(46)11-10-31-18-33(56-26-53-8)19-35(38(31)34)40-39(47)41-36(21-48-40)42(51-15-16-54-24-30(7)22-51)50-43(49-41)55-25-44-13-9-14-52(44)23-32(45)20-44/h10-11,18-19,21,27-29,32H,7,9,13-16,20,22-26H2,1-6,8H3/t32-,44+/m1/s1. The lowest BCUT2D eigenvalue weighted by atomic mass is 9.95. The Balaban J connectivity index is 1.43. The number of nitrogens with zero attached hydrogens (tertiary/aromatic N) is 5. The minimum atomic E-state index is -2.29. The van der Waals surface area contributed by atoms with E-state index in [4.69, 9.17) is 28.9 Å². The molecule has 0 N–H and O–H groups in total. The molecule has 2 aromatic heterocycles. The zero-order valence-electron chi connectivity index (χ0n) is 34.2. The molecule has 0 aliphatic carbocycles. The fourth-order valence-electron chi connectivity index (χ4n) is 9.67. The number of methoxy groups -OCH3 is 1. The SMILES string of the molecule is C=C1COCCN(c2nc(OC[C@@]34CCCN3C[C@H](F)C4)nc3c(F)c(-c4cc(OCOC)cc5ccc(F)c(C#C[Si](C(C)C)(C(C)C)C(C)C)c45)ncc23)C1. The number of pyridine rings is 1. The molecule has 0 radical (unpaired) electrons. The van der Waals surface area contributed by atoms with Gasteiger partial charge in [-0.1, -0.05) is 60.1 Å². The molecule has 7 rings (SSSR count). The fourth-order valence-corrected chi connectivity index (χ4v) is 14.9. The van der Waals surface area contributed by atoms with Crippen molar-refractivity contribution >= 4 is 35.6 Å². The summed E-state index contributed by atoms with van der Waals surface area (Å²) in [6.45, 7) is 20.4. The number of benzene rings is 2. The smallest absolute Gasteiger partial charge is 0.319 e. The molecule has 2 aromatic carbocycles. The molecule has 2 atom stereocenters. The van der Waals surface area contributed by atoms with Gasteiger partial charge >= 0.3 is 6.01 Å². The molecular formula is C44H54F3N5O4Si. The second kappa shape index (κ2) is 16.6. The van der Waals surface area contributed by atoms with Gasteiger partial charge < -0.3 is 23.8 Å². The Bertz CT molecular complexity index is 2200. The Morgan fingerprint density at radius 2 is 1.82 bits per heavy atom. The van der Waals surface area contributed by atoms with Crippen LogP contribution in [-0.2, 0) is 9.47 Å². The van der Waals surface area contributed by atoms with E-state index in [0.29, 0.717) is 89.2 Å². The second-order valence-corrected chi connectivity index (χ2v) is 22.4. The molecule has 3 aliphatic rings. The number of hydrogen-bond acceptors (Lipinski definition) is 9. The minimum Gasteiger partial charge on any atom is -0.468 e. The average molecular weight is 802 g/mol. The molecule has 0 bridgehead atoms. The maximum atomic E-state index is 17.6. The third-order valence-electron chi connectivity index (χ3n) is 12.3. The third kappa shape index (κ3) is 7.74. The predicted octanol–water partition coefficient (Wildman–Crippen LogP) is 9.02. The number of anilines is 1. The molecule has 3 aliphatic heterocycles. The Morgan fingerprint density at radius 1 is 1.05 bits per heavy atom. The summed E-state index contributed by atoms with van der Waals surface area (Å²) in [5.74, 6) is 2.89. The summed E-state index contributed by atoms with van der Waals surface area (Å²) in [6.07, 6.45) is 2.73. The number of alkyl halides is 1. The van der Waals surface area contributed by atoms with Gasteiger partial charge in [0.25, 0.3) is 0 Å². The number of halogens is 3. The molecule has 0 spiro atoms. The van der Waals surface area contributed by atoms with Gasteiger partial charge in [-0.25, -0.2) is 13.2 Å². The van der Waals surface area contributed by atoms with Gasteiger partial charge in [0.1, 0.15) is 49.4 Å². The summed E-state index contributed by atoms with van der Waals surface area (Å²) in [5.41, 5.74) is 5.39. The molecule has 0 amide bonds. The number of aromatic nitrogens is 3. The Labute approximate surface area is 335 Å². The van der Waals surface area contributed by atoms with Crippen LogP contribution in [0.5, 0.6) is 11.8 Å². The van der Waals surface area contributed by atoms with Crippen molar-refractivity contribution in [3.05, 3.63) is 59.8 Å². The molecule has 57 heavy (non-hydrogen) atoms. The minimum absolute atomic E-state index is 0.0161.